The molecule has 0 aliphatic carbocycles. The van der Waals surface area contributed by atoms with Gasteiger partial charge in [-0.2, -0.15) is 0 Å². The molecule has 0 bridgehead atoms. The van der Waals surface area contributed by atoms with Crippen LogP contribution in [0.3, 0.4) is 0 Å². The van der Waals surface area contributed by atoms with Gasteiger partial charge in [-0.3, -0.25) is 10.1 Å². The Morgan fingerprint density at radius 2 is 1.88 bits per heavy atom. The Kier molecular flexibility index (Phi) is 7.45. The molecule has 0 rings (SSSR count). The zero-order valence-electron chi connectivity index (χ0n) is 4.93. The number of hydrogen-bond donors (Lipinski definition) is 0. The van der Waals surface area contributed by atoms with Gasteiger partial charge in [0.25, 0.3) is 0 Å². The standard InChI is InChI=1S/C5H10NO.Mg.2H/c1-4(2)5(7)6-3;;;/h4H,1-3H3;;;. The van der Waals surface area contributed by atoms with E-state index in [2.05, 4.69) is 5.32 Å². The molecule has 3 heteroatoms. The molecule has 0 spiro atoms. The third-order valence-corrected chi connectivity index (χ3v) is 0.714. The Balaban J connectivity index is 0. The molecule has 0 aromatic heterocycles. The van der Waals surface area contributed by atoms with E-state index in [0.29, 0.717) is 0 Å². The first-order chi connectivity index (χ1) is 3.18. The van der Waals surface area contributed by atoms with Gasteiger partial charge in [-0.25, -0.2) is 0 Å². The van der Waals surface area contributed by atoms with Crippen LogP contribution < -0.4 is 5.32 Å². The average Bonchev–Trinajstić information content (AvgIpc) is 1.65. The van der Waals surface area contributed by atoms with Gasteiger partial charge < -0.3 is 0 Å². The largest absolute Gasteiger partial charge is 0.316 e. The summed E-state index contributed by atoms with van der Waals surface area (Å²) in [6.45, 7) is 3.66. The number of amides is 1. The fraction of sp³-hybridized carbons (Fsp3) is 0.800. The van der Waals surface area contributed by atoms with Crippen molar-refractivity contribution in [1.29, 1.82) is 0 Å². The molecule has 0 aromatic carbocycles. The highest BCUT2D eigenvalue weighted by Gasteiger charge is 2.02. The normalized spacial score (nSPS) is 8.00. The number of nitrogens with zero attached hydrogens (tertiary/aromatic N) is 1. The van der Waals surface area contributed by atoms with Crippen LogP contribution in [0.4, 0.5) is 0 Å². The summed E-state index contributed by atoms with van der Waals surface area (Å²) in [5, 5.41) is 3.45. The molecule has 0 fully saturated rings. The molecule has 0 N–H and O–H groups in total. The number of carbonyl (C=O) groups excluding carboxylic acids is 1. The van der Waals surface area contributed by atoms with E-state index < -0.39 is 0 Å². The van der Waals surface area contributed by atoms with Crippen LogP contribution in [0, 0.1) is 5.92 Å². The topological polar surface area (TPSA) is 31.2 Å². The van der Waals surface area contributed by atoms with Crippen LogP contribution in [0.5, 0.6) is 0 Å². The smallest absolute Gasteiger partial charge is 0.273 e. The van der Waals surface area contributed by atoms with Crippen LogP contribution in [0.1, 0.15) is 13.8 Å². The van der Waals surface area contributed by atoms with Crippen molar-refractivity contribution in [3.8, 4) is 0 Å². The lowest BCUT2D eigenvalue weighted by atomic mass is 10.2. The van der Waals surface area contributed by atoms with Crippen molar-refractivity contribution in [3.05, 3.63) is 0 Å². The van der Waals surface area contributed by atoms with E-state index >= 15 is 0 Å². The van der Waals surface area contributed by atoms with Gasteiger partial charge in [0.15, 0.2) is 0 Å². The molecular formula is C5H12MgNO. The highest BCUT2D eigenvalue weighted by Crippen LogP contribution is 1.88. The maximum Gasteiger partial charge on any atom is 0.316 e. The summed E-state index contributed by atoms with van der Waals surface area (Å²) in [5.74, 6) is 0.0324. The third kappa shape index (κ3) is 4.40. The van der Waals surface area contributed by atoms with Gasteiger partial charge in [-0.1, -0.05) is 13.8 Å². The highest BCUT2D eigenvalue weighted by atomic mass is 24.3. The van der Waals surface area contributed by atoms with Crippen molar-refractivity contribution < 1.29 is 4.79 Å². The quantitative estimate of drug-likeness (QED) is 0.435. The van der Waals surface area contributed by atoms with Crippen molar-refractivity contribution in [2.24, 2.45) is 5.92 Å². The summed E-state index contributed by atoms with van der Waals surface area (Å²) in [6.07, 6.45) is 0. The monoisotopic (exact) mass is 126 g/mol. The summed E-state index contributed by atoms with van der Waals surface area (Å²) in [5.41, 5.74) is 0. The Hall–Kier alpha value is 0.236. The van der Waals surface area contributed by atoms with Gasteiger partial charge in [0.1, 0.15) is 0 Å². The van der Waals surface area contributed by atoms with Gasteiger partial charge >= 0.3 is 23.1 Å². The van der Waals surface area contributed by atoms with Crippen molar-refractivity contribution in [3.63, 3.8) is 0 Å². The molecule has 0 saturated carbocycles. The highest BCUT2D eigenvalue weighted by molar-refractivity contribution is 5.77. The van der Waals surface area contributed by atoms with Crippen molar-refractivity contribution in [2.75, 3.05) is 7.05 Å². The first-order valence-corrected chi connectivity index (χ1v) is 2.32. The minimum Gasteiger partial charge on any atom is -0.273 e. The summed E-state index contributed by atoms with van der Waals surface area (Å²) in [6, 6.07) is 0. The molecule has 0 aliphatic heterocycles. The molecule has 0 atom stereocenters. The van der Waals surface area contributed by atoms with Crippen molar-refractivity contribution >= 4 is 29.0 Å². The Morgan fingerprint density at radius 3 is 1.88 bits per heavy atom. The zero-order chi connectivity index (χ0) is 5.86. The number of rotatable bonds is 1. The van der Waals surface area contributed by atoms with Gasteiger partial charge in [0.2, 0.25) is 5.91 Å². The lowest BCUT2D eigenvalue weighted by molar-refractivity contribution is -0.123. The lowest BCUT2D eigenvalue weighted by Gasteiger charge is -1.95. The fourth-order valence-electron chi connectivity index (χ4n) is 0.258. The van der Waals surface area contributed by atoms with E-state index in [9.17, 15) is 4.79 Å². The van der Waals surface area contributed by atoms with Crippen molar-refractivity contribution in [2.45, 2.75) is 13.8 Å². The van der Waals surface area contributed by atoms with Gasteiger partial charge in [-0.15, -0.1) is 0 Å². The molecular weight excluding hydrogens is 114 g/mol. The maximum atomic E-state index is 10.3. The predicted octanol–water partition coefficient (Wildman–Crippen LogP) is -0.513. The number of carbonyl (C=O) groups is 1. The molecule has 0 heterocycles. The first-order valence-electron chi connectivity index (χ1n) is 2.32. The van der Waals surface area contributed by atoms with E-state index in [1.807, 2.05) is 13.8 Å². The van der Waals surface area contributed by atoms with Gasteiger partial charge in [-0.05, 0) is 0 Å². The minimum absolute atomic E-state index is 0. The summed E-state index contributed by atoms with van der Waals surface area (Å²) >= 11 is 0. The summed E-state index contributed by atoms with van der Waals surface area (Å²) < 4.78 is 0. The molecule has 1 radical (unpaired) electrons. The minimum atomic E-state index is -0.0278. The second kappa shape index (κ2) is 5.37. The van der Waals surface area contributed by atoms with E-state index in [1.54, 1.807) is 0 Å². The second-order valence-corrected chi connectivity index (χ2v) is 1.72. The second-order valence-electron chi connectivity index (χ2n) is 1.72. The summed E-state index contributed by atoms with van der Waals surface area (Å²) in [7, 11) is 1.52. The van der Waals surface area contributed by atoms with Gasteiger partial charge in [0.05, 0.1) is 0 Å². The maximum absolute atomic E-state index is 10.3. The molecule has 0 unspecified atom stereocenters. The summed E-state index contributed by atoms with van der Waals surface area (Å²) in [4.78, 5) is 10.3. The van der Waals surface area contributed by atoms with Crippen molar-refractivity contribution in [1.82, 2.24) is 5.32 Å². The molecule has 1 amide bonds. The third-order valence-electron chi connectivity index (χ3n) is 0.714. The van der Waals surface area contributed by atoms with Crippen LogP contribution in [0.25, 0.3) is 0 Å². The zero-order valence-corrected chi connectivity index (χ0v) is 4.93. The lowest BCUT2D eigenvalue weighted by Crippen LogP contribution is -2.16. The molecule has 0 saturated heterocycles. The van der Waals surface area contributed by atoms with E-state index in [4.69, 9.17) is 0 Å². The first kappa shape index (κ1) is 11.1. The SMILES string of the molecule is C[N]C(=O)C(C)C.[MgH2]. The Morgan fingerprint density at radius 1 is 1.50 bits per heavy atom. The molecule has 8 heavy (non-hydrogen) atoms. The molecule has 2 nitrogen and oxygen atoms in total. The van der Waals surface area contributed by atoms with Crippen LogP contribution in [-0.2, 0) is 4.79 Å². The molecule has 0 aromatic rings. The van der Waals surface area contributed by atoms with Crippen LogP contribution in [0.15, 0.2) is 0 Å². The van der Waals surface area contributed by atoms with Crippen LogP contribution >= 0.6 is 0 Å². The van der Waals surface area contributed by atoms with Crippen LogP contribution in [-0.4, -0.2) is 36.0 Å². The van der Waals surface area contributed by atoms with Gasteiger partial charge in [0, 0.05) is 13.0 Å². The Labute approximate surface area is 66.2 Å². The molecule has 0 aliphatic rings. The van der Waals surface area contributed by atoms with E-state index in [-0.39, 0.29) is 34.9 Å². The molecule has 45 valence electrons. The Bertz CT molecular complexity index is 72.8. The van der Waals surface area contributed by atoms with Crippen LogP contribution in [0.2, 0.25) is 0 Å². The van der Waals surface area contributed by atoms with E-state index in [1.165, 1.54) is 7.05 Å². The predicted molar refractivity (Wildman–Crippen MR) is 36.4 cm³/mol. The fourth-order valence-corrected chi connectivity index (χ4v) is 0.258. The average molecular weight is 126 g/mol. The number of hydrogen-bond acceptors (Lipinski definition) is 1. The van der Waals surface area contributed by atoms with E-state index in [0.717, 1.165) is 0 Å².